The summed E-state index contributed by atoms with van der Waals surface area (Å²) >= 11 is 0. The topological polar surface area (TPSA) is 108 Å². The van der Waals surface area contributed by atoms with Crippen LogP contribution in [0.5, 0.6) is 0 Å². The van der Waals surface area contributed by atoms with Gasteiger partial charge in [-0.1, -0.05) is 30.3 Å². The third kappa shape index (κ3) is 6.14. The number of hydrogen-bond acceptors (Lipinski definition) is 6. The van der Waals surface area contributed by atoms with Gasteiger partial charge in [0.15, 0.2) is 0 Å². The molecule has 1 aliphatic heterocycles. The molecular formula is C32H33N5O4. The van der Waals surface area contributed by atoms with Crippen molar-refractivity contribution in [2.75, 3.05) is 41.3 Å². The number of piperazine rings is 1. The van der Waals surface area contributed by atoms with Crippen molar-refractivity contribution in [3.63, 3.8) is 0 Å². The van der Waals surface area contributed by atoms with E-state index in [1.54, 1.807) is 25.1 Å². The van der Waals surface area contributed by atoms with Crippen LogP contribution in [0.4, 0.5) is 17.2 Å². The molecule has 0 atom stereocenters. The van der Waals surface area contributed by atoms with Gasteiger partial charge in [-0.05, 0) is 74.4 Å². The minimum Gasteiger partial charge on any atom is -0.480 e. The van der Waals surface area contributed by atoms with Gasteiger partial charge in [0.25, 0.3) is 11.7 Å². The molecule has 0 aliphatic carbocycles. The standard InChI is InChI=1S/C32H33N5O4/c1-21-17-22(2)33-28(18-21)36-15-13-35(14-16-36)26-11-9-25(10-12-26)34-32(41)31(40)30-27(24-7-5-4-6-8-24)19-23(3)37(30)20-29(38)39/h4-12,17-19H,13-16,20H2,1-3H3,(H,34,41)(H,38,39). The van der Waals surface area contributed by atoms with Gasteiger partial charge in [0.1, 0.15) is 18.1 Å². The predicted molar refractivity (Wildman–Crippen MR) is 160 cm³/mol. The Kier molecular flexibility index (Phi) is 7.87. The highest BCUT2D eigenvalue weighted by molar-refractivity contribution is 6.47. The zero-order valence-corrected chi connectivity index (χ0v) is 23.4. The maximum absolute atomic E-state index is 13.4. The minimum absolute atomic E-state index is 0.0568. The van der Waals surface area contributed by atoms with Gasteiger partial charge >= 0.3 is 5.97 Å². The number of nitrogens with zero attached hydrogens (tertiary/aromatic N) is 4. The largest absolute Gasteiger partial charge is 0.480 e. The molecule has 1 aliphatic rings. The van der Waals surface area contributed by atoms with Gasteiger partial charge in [-0.3, -0.25) is 14.4 Å². The van der Waals surface area contributed by atoms with E-state index < -0.39 is 24.2 Å². The number of Topliss-reactive ketones (excluding diaryl/α,β-unsaturated/α-hetero) is 1. The first-order valence-electron chi connectivity index (χ1n) is 13.6. The highest BCUT2D eigenvalue weighted by Crippen LogP contribution is 2.29. The minimum atomic E-state index is -1.10. The second-order valence-corrected chi connectivity index (χ2v) is 10.3. The number of carbonyl (C=O) groups is 3. The molecule has 0 bridgehead atoms. The van der Waals surface area contributed by atoms with Gasteiger partial charge in [-0.2, -0.15) is 0 Å². The summed E-state index contributed by atoms with van der Waals surface area (Å²) in [6, 6.07) is 22.5. The molecule has 2 aromatic heterocycles. The number of amides is 1. The van der Waals surface area contributed by atoms with Crippen LogP contribution in [0.25, 0.3) is 11.1 Å². The summed E-state index contributed by atoms with van der Waals surface area (Å²) in [4.78, 5) is 47.3. The van der Waals surface area contributed by atoms with Gasteiger partial charge in [-0.25, -0.2) is 4.98 Å². The number of aromatic nitrogens is 2. The number of ketones is 1. The Bertz CT molecular complexity index is 1570. The van der Waals surface area contributed by atoms with Crippen molar-refractivity contribution in [2.24, 2.45) is 0 Å². The number of carbonyl (C=O) groups excluding carboxylic acids is 2. The fourth-order valence-electron chi connectivity index (χ4n) is 5.33. The monoisotopic (exact) mass is 551 g/mol. The summed E-state index contributed by atoms with van der Waals surface area (Å²) in [5, 5.41) is 12.1. The Hall–Kier alpha value is -4.92. The van der Waals surface area contributed by atoms with Crippen LogP contribution in [0.15, 0.2) is 72.8 Å². The van der Waals surface area contributed by atoms with Gasteiger partial charge in [0.2, 0.25) is 0 Å². The molecule has 0 unspecified atom stereocenters. The smallest absolute Gasteiger partial charge is 0.323 e. The van der Waals surface area contributed by atoms with Crippen LogP contribution in [0.1, 0.15) is 27.4 Å². The van der Waals surface area contributed by atoms with E-state index in [2.05, 4.69) is 39.2 Å². The van der Waals surface area contributed by atoms with Crippen LogP contribution in [-0.2, 0) is 16.1 Å². The van der Waals surface area contributed by atoms with Gasteiger partial charge in [-0.15, -0.1) is 0 Å². The van der Waals surface area contributed by atoms with Crippen molar-refractivity contribution in [2.45, 2.75) is 27.3 Å². The average molecular weight is 552 g/mol. The number of hydrogen-bond donors (Lipinski definition) is 2. The van der Waals surface area contributed by atoms with Crippen LogP contribution < -0.4 is 15.1 Å². The van der Waals surface area contributed by atoms with E-state index in [0.29, 0.717) is 16.9 Å². The molecule has 1 amide bonds. The number of rotatable bonds is 8. The second kappa shape index (κ2) is 11.7. The number of carboxylic acid groups (broad SMARTS) is 1. The fourth-order valence-corrected chi connectivity index (χ4v) is 5.33. The summed E-state index contributed by atoms with van der Waals surface area (Å²) in [7, 11) is 0. The number of anilines is 3. The number of benzene rings is 2. The quantitative estimate of drug-likeness (QED) is 0.241. The van der Waals surface area contributed by atoms with E-state index in [-0.39, 0.29) is 5.69 Å². The number of carboxylic acids is 1. The van der Waals surface area contributed by atoms with Crippen molar-refractivity contribution in [1.82, 2.24) is 9.55 Å². The summed E-state index contributed by atoms with van der Waals surface area (Å²) in [6.45, 7) is 8.76. The zero-order chi connectivity index (χ0) is 29.1. The molecule has 3 heterocycles. The van der Waals surface area contributed by atoms with Crippen LogP contribution in [0.3, 0.4) is 0 Å². The van der Waals surface area contributed by atoms with Crippen LogP contribution >= 0.6 is 0 Å². The molecule has 210 valence electrons. The van der Waals surface area contributed by atoms with Crippen LogP contribution in [0, 0.1) is 20.8 Å². The first-order valence-corrected chi connectivity index (χ1v) is 13.6. The Morgan fingerprint density at radius 2 is 1.51 bits per heavy atom. The lowest BCUT2D eigenvalue weighted by atomic mass is 10.0. The van der Waals surface area contributed by atoms with E-state index in [9.17, 15) is 19.5 Å². The molecule has 1 fully saturated rings. The highest BCUT2D eigenvalue weighted by atomic mass is 16.4. The van der Waals surface area contributed by atoms with E-state index in [1.165, 1.54) is 10.1 Å². The second-order valence-electron chi connectivity index (χ2n) is 10.3. The molecule has 1 saturated heterocycles. The van der Waals surface area contributed by atoms with Gasteiger partial charge < -0.3 is 24.8 Å². The SMILES string of the molecule is Cc1cc(C)nc(N2CCN(c3ccc(NC(=O)C(=O)c4c(-c5ccccc5)cc(C)n4CC(=O)O)cc3)CC2)c1. The van der Waals surface area contributed by atoms with E-state index in [4.69, 9.17) is 0 Å². The maximum Gasteiger partial charge on any atom is 0.323 e. The first-order chi connectivity index (χ1) is 19.7. The molecule has 2 N–H and O–H groups in total. The number of nitrogens with one attached hydrogen (secondary N) is 1. The molecular weight excluding hydrogens is 518 g/mol. The van der Waals surface area contributed by atoms with E-state index >= 15 is 0 Å². The molecule has 5 rings (SSSR count). The highest BCUT2D eigenvalue weighted by Gasteiger charge is 2.27. The van der Waals surface area contributed by atoms with Crippen molar-refractivity contribution in [3.05, 3.63) is 95.4 Å². The number of aliphatic carboxylic acids is 1. The predicted octanol–water partition coefficient (Wildman–Crippen LogP) is 4.71. The van der Waals surface area contributed by atoms with Crippen LogP contribution in [-0.4, -0.2) is 58.5 Å². The molecule has 0 saturated carbocycles. The third-order valence-electron chi connectivity index (χ3n) is 7.28. The maximum atomic E-state index is 13.4. The fraction of sp³-hybridized carbons (Fsp3) is 0.250. The summed E-state index contributed by atoms with van der Waals surface area (Å²) < 4.78 is 1.38. The first kappa shape index (κ1) is 27.6. The van der Waals surface area contributed by atoms with E-state index in [1.807, 2.05) is 49.4 Å². The number of pyridine rings is 1. The molecule has 41 heavy (non-hydrogen) atoms. The molecule has 4 aromatic rings. The van der Waals surface area contributed by atoms with Crippen molar-refractivity contribution in [3.8, 4) is 11.1 Å². The van der Waals surface area contributed by atoms with Gasteiger partial charge in [0.05, 0.1) is 0 Å². The Morgan fingerprint density at radius 3 is 2.15 bits per heavy atom. The van der Waals surface area contributed by atoms with Crippen molar-refractivity contribution < 1.29 is 19.5 Å². The molecule has 0 radical (unpaired) electrons. The lowest BCUT2D eigenvalue weighted by molar-refractivity contribution is -0.137. The molecule has 9 nitrogen and oxygen atoms in total. The summed E-state index contributed by atoms with van der Waals surface area (Å²) in [6.07, 6.45) is 0. The molecule has 0 spiro atoms. The number of aryl methyl sites for hydroxylation is 3. The summed E-state index contributed by atoms with van der Waals surface area (Å²) in [5.41, 5.74) is 5.62. The Balaban J connectivity index is 1.28. The average Bonchev–Trinajstić information content (AvgIpc) is 3.28. The van der Waals surface area contributed by atoms with E-state index in [0.717, 1.165) is 48.9 Å². The lowest BCUT2D eigenvalue weighted by Crippen LogP contribution is -2.46. The third-order valence-corrected chi connectivity index (χ3v) is 7.28. The molecule has 2 aromatic carbocycles. The van der Waals surface area contributed by atoms with Crippen molar-refractivity contribution >= 4 is 34.9 Å². The Labute approximate surface area is 239 Å². The lowest BCUT2D eigenvalue weighted by Gasteiger charge is -2.37. The summed E-state index contributed by atoms with van der Waals surface area (Å²) in [5.74, 6) is -1.71. The van der Waals surface area contributed by atoms with Crippen LogP contribution in [0.2, 0.25) is 0 Å². The molecule has 9 heteroatoms. The zero-order valence-electron chi connectivity index (χ0n) is 23.4. The Morgan fingerprint density at radius 1 is 0.854 bits per heavy atom. The normalized spacial score (nSPS) is 13.2. The van der Waals surface area contributed by atoms with Crippen molar-refractivity contribution in [1.29, 1.82) is 0 Å². The van der Waals surface area contributed by atoms with Gasteiger partial charge in [0, 0.05) is 54.5 Å².